The lowest BCUT2D eigenvalue weighted by molar-refractivity contribution is -0.384. The highest BCUT2D eigenvalue weighted by molar-refractivity contribution is 6.08. The molecule has 3 N–H and O–H groups in total. The highest BCUT2D eigenvalue weighted by Crippen LogP contribution is 2.33. The first-order chi connectivity index (χ1) is 19.4. The number of rotatable bonds is 10. The van der Waals surface area contributed by atoms with Crippen molar-refractivity contribution in [3.8, 4) is 11.1 Å². The number of benzene rings is 3. The monoisotopic (exact) mass is 559 g/mol. The Labute approximate surface area is 235 Å². The third-order valence-electron chi connectivity index (χ3n) is 6.29. The summed E-state index contributed by atoms with van der Waals surface area (Å²) in [5.74, 6) is -1.57. The van der Waals surface area contributed by atoms with Gasteiger partial charge in [0, 0.05) is 52.6 Å². The van der Waals surface area contributed by atoms with Crippen molar-refractivity contribution in [3.05, 3.63) is 88.1 Å². The number of amides is 2. The Balaban J connectivity index is 1.69. The van der Waals surface area contributed by atoms with E-state index >= 15 is 0 Å². The van der Waals surface area contributed by atoms with Crippen LogP contribution in [-0.4, -0.2) is 56.8 Å². The van der Waals surface area contributed by atoms with Crippen LogP contribution in [0.15, 0.2) is 66.9 Å². The van der Waals surface area contributed by atoms with Crippen molar-refractivity contribution in [1.82, 2.24) is 15.1 Å². The van der Waals surface area contributed by atoms with E-state index in [-0.39, 0.29) is 17.8 Å². The number of methoxy groups -OCH3 is 1. The fraction of sp³-hybridized carbons (Fsp3) is 0.241. The van der Waals surface area contributed by atoms with Gasteiger partial charge in [-0.3, -0.25) is 29.2 Å². The van der Waals surface area contributed by atoms with E-state index in [0.29, 0.717) is 40.9 Å². The number of ether oxygens (including phenoxy) is 1. The molecule has 0 aliphatic heterocycles. The number of nitro groups is 1. The van der Waals surface area contributed by atoms with Crippen molar-refractivity contribution in [2.45, 2.75) is 32.4 Å². The van der Waals surface area contributed by atoms with Gasteiger partial charge in [-0.05, 0) is 56.2 Å². The Hall–Kier alpha value is -5.10. The van der Waals surface area contributed by atoms with Crippen molar-refractivity contribution in [2.75, 3.05) is 19.0 Å². The summed E-state index contributed by atoms with van der Waals surface area (Å²) in [5, 5.41) is 32.0. The van der Waals surface area contributed by atoms with E-state index < -0.39 is 28.3 Å². The van der Waals surface area contributed by atoms with Gasteiger partial charge in [-0.2, -0.15) is 5.10 Å². The van der Waals surface area contributed by atoms with Crippen molar-refractivity contribution >= 4 is 40.1 Å². The number of hydrogen-bond donors (Lipinski definition) is 3. The van der Waals surface area contributed by atoms with Gasteiger partial charge in [0.05, 0.1) is 23.2 Å². The Morgan fingerprint density at radius 1 is 1.05 bits per heavy atom. The molecule has 0 spiro atoms. The van der Waals surface area contributed by atoms with Crippen LogP contribution in [0.4, 0.5) is 11.4 Å². The van der Waals surface area contributed by atoms with Gasteiger partial charge in [-0.1, -0.05) is 18.2 Å². The van der Waals surface area contributed by atoms with E-state index in [1.54, 1.807) is 54.9 Å². The first kappa shape index (κ1) is 28.9. The van der Waals surface area contributed by atoms with Crippen molar-refractivity contribution in [2.24, 2.45) is 0 Å². The molecule has 0 unspecified atom stereocenters. The molecule has 3 aromatic carbocycles. The van der Waals surface area contributed by atoms with Crippen LogP contribution < -0.4 is 10.6 Å². The van der Waals surface area contributed by atoms with Gasteiger partial charge in [-0.25, -0.2) is 0 Å². The summed E-state index contributed by atoms with van der Waals surface area (Å²) < 4.78 is 6.25. The van der Waals surface area contributed by atoms with E-state index in [1.807, 2.05) is 6.20 Å². The number of carbonyl (C=O) groups excluding carboxylic acids is 3. The number of nitrogens with one attached hydrogen (secondary N) is 2. The topological polar surface area (TPSA) is 166 Å². The number of hydrogen-bond acceptors (Lipinski definition) is 8. The first-order valence-electron chi connectivity index (χ1n) is 12.7. The average Bonchev–Trinajstić information content (AvgIpc) is 3.35. The highest BCUT2D eigenvalue weighted by atomic mass is 16.6. The largest absolute Gasteiger partial charge is 0.468 e. The summed E-state index contributed by atoms with van der Waals surface area (Å²) >= 11 is 0. The molecule has 0 aliphatic rings. The molecule has 0 aliphatic carbocycles. The SMILES string of the molecule is COC(=O)CNC(=O)c1ccc(-c2cc3nn(CCC(C)(C)O)cc3cc2NC(=O)c2cccc([N+](=O)[O-])c2)cc1. The minimum absolute atomic E-state index is 0.115. The summed E-state index contributed by atoms with van der Waals surface area (Å²) in [7, 11) is 1.23. The van der Waals surface area contributed by atoms with Gasteiger partial charge in [0.15, 0.2) is 0 Å². The normalized spacial score (nSPS) is 11.2. The van der Waals surface area contributed by atoms with E-state index in [0.717, 1.165) is 5.39 Å². The Morgan fingerprint density at radius 2 is 1.78 bits per heavy atom. The van der Waals surface area contributed by atoms with Crippen LogP contribution in [0.25, 0.3) is 22.0 Å². The zero-order valence-corrected chi connectivity index (χ0v) is 22.7. The number of aromatic nitrogens is 2. The number of nitro benzene ring substituents is 1. The second-order valence-corrected chi connectivity index (χ2v) is 10.0. The standard InChI is InChI=1S/C29H29N5O7/c1-29(2,38)11-12-33-17-21-14-25(31-28(37)20-5-4-6-22(13-20)34(39)40)23(15-24(21)32-33)18-7-9-19(10-8-18)27(36)30-16-26(35)41-3/h4-10,13-15,17,38H,11-12,16H2,1-3H3,(H,30,36)(H,31,37). The maximum atomic E-state index is 13.1. The van der Waals surface area contributed by atoms with Crippen LogP contribution in [0.5, 0.6) is 0 Å². The maximum absolute atomic E-state index is 13.1. The molecule has 12 heteroatoms. The predicted octanol–water partition coefficient (Wildman–Crippen LogP) is 3.93. The van der Waals surface area contributed by atoms with Gasteiger partial charge in [-0.15, -0.1) is 0 Å². The number of nitrogens with zero attached hydrogens (tertiary/aromatic N) is 3. The number of non-ortho nitro benzene ring substituents is 1. The number of carbonyl (C=O) groups is 3. The lowest BCUT2D eigenvalue weighted by Gasteiger charge is -2.16. The third kappa shape index (κ3) is 7.31. The molecular formula is C29H29N5O7. The summed E-state index contributed by atoms with van der Waals surface area (Å²) in [6.07, 6.45) is 2.28. The van der Waals surface area contributed by atoms with Crippen molar-refractivity contribution < 1.29 is 29.2 Å². The average molecular weight is 560 g/mol. The van der Waals surface area contributed by atoms with Crippen LogP contribution >= 0.6 is 0 Å². The number of anilines is 1. The molecule has 0 saturated carbocycles. The zero-order valence-electron chi connectivity index (χ0n) is 22.7. The quantitative estimate of drug-likeness (QED) is 0.149. The molecule has 2 amide bonds. The Bertz CT molecular complexity index is 1620. The molecule has 4 aromatic rings. The van der Waals surface area contributed by atoms with Gasteiger partial charge < -0.3 is 20.5 Å². The van der Waals surface area contributed by atoms with E-state index in [2.05, 4.69) is 20.5 Å². The molecule has 0 fully saturated rings. The molecule has 0 bridgehead atoms. The summed E-state index contributed by atoms with van der Waals surface area (Å²) in [4.78, 5) is 47.5. The van der Waals surface area contributed by atoms with E-state index in [1.165, 1.54) is 31.4 Å². The third-order valence-corrected chi connectivity index (χ3v) is 6.29. The van der Waals surface area contributed by atoms with Crippen LogP contribution in [-0.2, 0) is 16.1 Å². The molecule has 4 rings (SSSR count). The van der Waals surface area contributed by atoms with Crippen molar-refractivity contribution in [1.29, 1.82) is 0 Å². The van der Waals surface area contributed by atoms with Crippen LogP contribution in [0.2, 0.25) is 0 Å². The molecule has 12 nitrogen and oxygen atoms in total. The van der Waals surface area contributed by atoms with Gasteiger partial charge in [0.25, 0.3) is 17.5 Å². The fourth-order valence-electron chi connectivity index (χ4n) is 4.05. The van der Waals surface area contributed by atoms with Gasteiger partial charge >= 0.3 is 5.97 Å². The minimum atomic E-state index is -0.869. The second kappa shape index (κ2) is 12.0. The Kier molecular flexibility index (Phi) is 8.43. The summed E-state index contributed by atoms with van der Waals surface area (Å²) in [5.41, 5.74) is 1.69. The maximum Gasteiger partial charge on any atom is 0.325 e. The van der Waals surface area contributed by atoms with Crippen LogP contribution in [0.1, 0.15) is 41.0 Å². The number of fused-ring (bicyclic) bond motifs is 1. The smallest absolute Gasteiger partial charge is 0.325 e. The number of esters is 1. The number of aryl methyl sites for hydroxylation is 1. The first-order valence-corrected chi connectivity index (χ1v) is 12.7. The van der Waals surface area contributed by atoms with Crippen LogP contribution in [0, 0.1) is 10.1 Å². The van der Waals surface area contributed by atoms with Gasteiger partial charge in [0.1, 0.15) is 6.54 Å². The molecule has 0 saturated heterocycles. The number of aliphatic hydroxyl groups is 1. The van der Waals surface area contributed by atoms with E-state index in [4.69, 9.17) is 0 Å². The lowest BCUT2D eigenvalue weighted by Crippen LogP contribution is -2.30. The van der Waals surface area contributed by atoms with E-state index in [9.17, 15) is 29.6 Å². The highest BCUT2D eigenvalue weighted by Gasteiger charge is 2.18. The molecule has 41 heavy (non-hydrogen) atoms. The predicted molar refractivity (Wildman–Crippen MR) is 151 cm³/mol. The molecule has 212 valence electrons. The molecule has 0 atom stereocenters. The minimum Gasteiger partial charge on any atom is -0.468 e. The van der Waals surface area contributed by atoms with Crippen LogP contribution in [0.3, 0.4) is 0 Å². The molecular weight excluding hydrogens is 530 g/mol. The summed E-state index contributed by atoms with van der Waals surface area (Å²) in [6, 6.07) is 15.5. The lowest BCUT2D eigenvalue weighted by atomic mass is 10.00. The molecule has 1 heterocycles. The fourth-order valence-corrected chi connectivity index (χ4v) is 4.05. The summed E-state index contributed by atoms with van der Waals surface area (Å²) in [6.45, 7) is 3.64. The van der Waals surface area contributed by atoms with Gasteiger partial charge in [0.2, 0.25) is 0 Å². The van der Waals surface area contributed by atoms with Crippen molar-refractivity contribution in [3.63, 3.8) is 0 Å². The molecule has 0 radical (unpaired) electrons. The second-order valence-electron chi connectivity index (χ2n) is 10.0. The Morgan fingerprint density at radius 3 is 2.44 bits per heavy atom. The molecule has 1 aromatic heterocycles. The zero-order chi connectivity index (χ0) is 29.7.